The van der Waals surface area contributed by atoms with Gasteiger partial charge >= 0.3 is 5.97 Å². The van der Waals surface area contributed by atoms with E-state index < -0.39 is 26.2 Å². The first kappa shape index (κ1) is 27.3. The van der Waals surface area contributed by atoms with Gasteiger partial charge in [-0.1, -0.05) is 95.3 Å². The van der Waals surface area contributed by atoms with Gasteiger partial charge in [0.15, 0.2) is 0 Å². The molecule has 1 amide bonds. The van der Waals surface area contributed by atoms with E-state index in [0.29, 0.717) is 0 Å². The van der Waals surface area contributed by atoms with Crippen molar-refractivity contribution in [3.63, 3.8) is 0 Å². The van der Waals surface area contributed by atoms with E-state index in [-0.39, 0.29) is 29.9 Å². The van der Waals surface area contributed by atoms with Crippen molar-refractivity contribution in [3.05, 3.63) is 60.7 Å². The molecule has 34 heavy (non-hydrogen) atoms. The summed E-state index contributed by atoms with van der Waals surface area (Å²) >= 11 is 0. The molecule has 1 N–H and O–H groups in total. The molecule has 0 saturated heterocycles. The fourth-order valence-corrected chi connectivity index (χ4v) is 9.14. The third-order valence-corrected chi connectivity index (χ3v) is 11.2. The third-order valence-electron chi connectivity index (χ3n) is 6.22. The van der Waals surface area contributed by atoms with E-state index in [0.717, 1.165) is 10.4 Å². The molecule has 0 spiro atoms. The largest absolute Gasteiger partial charge is 0.480 e. The van der Waals surface area contributed by atoms with Gasteiger partial charge in [-0.25, -0.2) is 4.79 Å². The number of aliphatic carboxylic acids is 1. The highest BCUT2D eigenvalue weighted by Crippen LogP contribution is 2.37. The summed E-state index contributed by atoms with van der Waals surface area (Å²) in [4.78, 5) is 25.8. The second kappa shape index (κ2) is 11.5. The number of benzene rings is 2. The fraction of sp³-hybridized carbons (Fsp3) is 0.444. The molecular formula is C27H36N2O4Si. The van der Waals surface area contributed by atoms with Crippen LogP contribution < -0.4 is 10.4 Å². The van der Waals surface area contributed by atoms with E-state index >= 15 is 0 Å². The minimum absolute atomic E-state index is 0.0861. The van der Waals surface area contributed by atoms with Crippen LogP contribution in [0.4, 0.5) is 0 Å². The summed E-state index contributed by atoms with van der Waals surface area (Å²) in [7, 11) is -1.35. The fourth-order valence-electron chi connectivity index (χ4n) is 4.54. The van der Waals surface area contributed by atoms with Gasteiger partial charge in [-0.3, -0.25) is 4.79 Å². The number of nitrogens with zero attached hydrogens (tertiary/aromatic N) is 2. The Kier molecular flexibility index (Phi) is 9.19. The number of amides is 1. The number of nitriles is 1. The van der Waals surface area contributed by atoms with Gasteiger partial charge in [-0.15, -0.1) is 0 Å². The van der Waals surface area contributed by atoms with Crippen LogP contribution in [0.3, 0.4) is 0 Å². The van der Waals surface area contributed by atoms with Crippen molar-refractivity contribution in [3.8, 4) is 6.07 Å². The smallest absolute Gasteiger partial charge is 0.326 e. The Morgan fingerprint density at radius 1 is 1.03 bits per heavy atom. The zero-order chi connectivity index (χ0) is 25.5. The highest BCUT2D eigenvalue weighted by atomic mass is 28.4. The summed E-state index contributed by atoms with van der Waals surface area (Å²) in [6.45, 7) is 10.1. The van der Waals surface area contributed by atoms with Crippen LogP contribution in [0, 0.1) is 23.2 Å². The molecule has 6 nitrogen and oxygen atoms in total. The first-order valence-corrected chi connectivity index (χ1v) is 13.5. The highest BCUT2D eigenvalue weighted by Gasteiger charge is 2.50. The molecule has 0 aliphatic rings. The molecule has 2 rings (SSSR count). The number of carboxylic acids is 1. The molecule has 0 aliphatic carbocycles. The SMILES string of the molecule is CC(C)[C@@H](C(=O)O)N(C)C(=O)CC(C#N)CO[Si](c1ccccc1)(c1ccccc1)C(C)(C)C. The Morgan fingerprint density at radius 3 is 1.85 bits per heavy atom. The normalized spacial score (nSPS) is 13.7. The van der Waals surface area contributed by atoms with Crippen molar-refractivity contribution in [1.82, 2.24) is 4.90 Å². The molecule has 0 fully saturated rings. The average Bonchev–Trinajstić information content (AvgIpc) is 2.78. The van der Waals surface area contributed by atoms with Crippen LogP contribution in [0.25, 0.3) is 0 Å². The Morgan fingerprint density at radius 2 is 1.50 bits per heavy atom. The lowest BCUT2D eigenvalue weighted by Gasteiger charge is -2.43. The predicted molar refractivity (Wildman–Crippen MR) is 136 cm³/mol. The number of carbonyl (C=O) groups is 2. The van der Waals surface area contributed by atoms with Crippen LogP contribution in [0.15, 0.2) is 60.7 Å². The second-order valence-corrected chi connectivity index (χ2v) is 14.3. The molecule has 1 unspecified atom stereocenters. The van der Waals surface area contributed by atoms with Gasteiger partial charge in [0.2, 0.25) is 5.91 Å². The maximum atomic E-state index is 12.9. The molecular weight excluding hydrogens is 444 g/mol. The summed E-state index contributed by atoms with van der Waals surface area (Å²) in [5.74, 6) is -2.37. The number of carbonyl (C=O) groups excluding carboxylic acids is 1. The molecule has 2 aromatic rings. The molecule has 0 aliphatic heterocycles. The lowest BCUT2D eigenvalue weighted by molar-refractivity contribution is -0.151. The van der Waals surface area contributed by atoms with Crippen LogP contribution in [-0.4, -0.2) is 49.9 Å². The van der Waals surface area contributed by atoms with Crippen molar-refractivity contribution in [2.45, 2.75) is 52.1 Å². The Bertz CT molecular complexity index is 957. The van der Waals surface area contributed by atoms with E-state index in [9.17, 15) is 20.0 Å². The molecule has 0 bridgehead atoms. The predicted octanol–water partition coefficient (Wildman–Crippen LogP) is 3.66. The lowest BCUT2D eigenvalue weighted by Crippen LogP contribution is -2.66. The van der Waals surface area contributed by atoms with Crippen LogP contribution in [0.2, 0.25) is 5.04 Å². The zero-order valence-corrected chi connectivity index (χ0v) is 22.0. The Hall–Kier alpha value is -2.95. The van der Waals surface area contributed by atoms with Gasteiger partial charge in [0.25, 0.3) is 8.32 Å². The quantitative estimate of drug-likeness (QED) is 0.524. The summed E-state index contributed by atoms with van der Waals surface area (Å²) < 4.78 is 6.78. The monoisotopic (exact) mass is 480 g/mol. The summed E-state index contributed by atoms with van der Waals surface area (Å²) in [5.41, 5.74) is 0. The van der Waals surface area contributed by atoms with E-state index in [1.54, 1.807) is 13.8 Å². The van der Waals surface area contributed by atoms with Gasteiger partial charge in [-0.05, 0) is 21.3 Å². The van der Waals surface area contributed by atoms with Crippen molar-refractivity contribution in [2.75, 3.05) is 13.7 Å². The summed E-state index contributed by atoms with van der Waals surface area (Å²) in [6.07, 6.45) is -0.0955. The lowest BCUT2D eigenvalue weighted by atomic mass is 10.0. The third kappa shape index (κ3) is 5.94. The minimum Gasteiger partial charge on any atom is -0.480 e. The van der Waals surface area contributed by atoms with E-state index in [1.807, 2.05) is 36.4 Å². The van der Waals surface area contributed by atoms with E-state index in [1.165, 1.54) is 11.9 Å². The van der Waals surface area contributed by atoms with Gasteiger partial charge in [0, 0.05) is 13.5 Å². The summed E-state index contributed by atoms with van der Waals surface area (Å²) in [6, 6.07) is 21.5. The molecule has 2 aromatic carbocycles. The number of likely N-dealkylation sites (N-methyl/N-ethyl adjacent to an activating group) is 1. The maximum absolute atomic E-state index is 12.9. The minimum atomic E-state index is -2.83. The van der Waals surface area contributed by atoms with Gasteiger partial charge in [0.05, 0.1) is 18.6 Å². The molecule has 0 heterocycles. The highest BCUT2D eigenvalue weighted by molar-refractivity contribution is 6.99. The van der Waals surface area contributed by atoms with Crippen molar-refractivity contribution >= 4 is 30.6 Å². The second-order valence-electron chi connectivity index (χ2n) is 10.0. The number of rotatable bonds is 10. The maximum Gasteiger partial charge on any atom is 0.326 e. The first-order valence-electron chi connectivity index (χ1n) is 11.6. The molecule has 0 aromatic heterocycles. The molecule has 2 atom stereocenters. The van der Waals surface area contributed by atoms with Crippen molar-refractivity contribution in [2.24, 2.45) is 11.8 Å². The Labute approximate surface area is 204 Å². The van der Waals surface area contributed by atoms with Crippen LogP contribution in [0.1, 0.15) is 41.0 Å². The van der Waals surface area contributed by atoms with E-state index in [4.69, 9.17) is 4.43 Å². The topological polar surface area (TPSA) is 90.6 Å². The number of hydrogen-bond acceptors (Lipinski definition) is 4. The van der Waals surface area contributed by atoms with Crippen LogP contribution >= 0.6 is 0 Å². The Balaban J connectivity index is 2.37. The zero-order valence-electron chi connectivity index (χ0n) is 21.0. The van der Waals surface area contributed by atoms with Gasteiger partial charge in [0.1, 0.15) is 6.04 Å². The van der Waals surface area contributed by atoms with Crippen LogP contribution in [-0.2, 0) is 14.0 Å². The molecule has 0 radical (unpaired) electrons. The number of hydrogen-bond donors (Lipinski definition) is 1. The average molecular weight is 481 g/mol. The van der Waals surface area contributed by atoms with Crippen molar-refractivity contribution in [1.29, 1.82) is 5.26 Å². The standard InChI is InChI=1S/C27H36N2O4Si/c1-20(2)25(26(31)32)29(6)24(30)17-21(18-28)19-33-34(27(3,4)5,22-13-9-7-10-14-22)23-15-11-8-12-16-23/h7-16,20-21,25H,17,19H2,1-6H3,(H,31,32)/t21?,25-/m0/s1. The van der Waals surface area contributed by atoms with Gasteiger partial charge < -0.3 is 14.4 Å². The van der Waals surface area contributed by atoms with Gasteiger partial charge in [-0.2, -0.15) is 5.26 Å². The van der Waals surface area contributed by atoms with E-state index in [2.05, 4.69) is 51.1 Å². The summed E-state index contributed by atoms with van der Waals surface area (Å²) in [5, 5.41) is 21.3. The number of carboxylic acid groups (broad SMARTS) is 1. The molecule has 0 saturated carbocycles. The molecule has 7 heteroatoms. The van der Waals surface area contributed by atoms with Crippen molar-refractivity contribution < 1.29 is 19.1 Å². The van der Waals surface area contributed by atoms with Crippen LogP contribution in [0.5, 0.6) is 0 Å². The molecule has 182 valence electrons. The first-order chi connectivity index (χ1) is 16.0.